The molecular formula is C9H10N2O2S. The van der Waals surface area contributed by atoms with E-state index in [-0.39, 0.29) is 11.2 Å². The number of carbonyl (C=O) groups excluding carboxylic acids is 2. The lowest BCUT2D eigenvalue weighted by molar-refractivity contribution is -0.117. The van der Waals surface area contributed by atoms with Crippen molar-refractivity contribution < 1.29 is 9.59 Å². The Morgan fingerprint density at radius 2 is 2.50 bits per heavy atom. The molecule has 2 aliphatic rings. The second kappa shape index (κ2) is 3.96. The highest BCUT2D eigenvalue weighted by Gasteiger charge is 2.26. The normalized spacial score (nSPS) is 26.6. The lowest BCUT2D eigenvalue weighted by Crippen LogP contribution is -2.43. The third-order valence-electron chi connectivity index (χ3n) is 2.14. The number of nitrogens with one attached hydrogen (secondary N) is 1. The Labute approximate surface area is 85.8 Å². The molecule has 0 aromatic rings. The number of hydrogen-bond acceptors (Lipinski definition) is 4. The number of hydrogen-bond donors (Lipinski definition) is 1. The first-order chi connectivity index (χ1) is 6.79. The third-order valence-corrected chi connectivity index (χ3v) is 3.43. The summed E-state index contributed by atoms with van der Waals surface area (Å²) in [6.07, 6.45) is 4.31. The van der Waals surface area contributed by atoms with Crippen LogP contribution in [0.25, 0.3) is 0 Å². The van der Waals surface area contributed by atoms with Crippen LogP contribution in [0.15, 0.2) is 16.8 Å². The van der Waals surface area contributed by atoms with Crippen molar-refractivity contribution in [3.8, 4) is 0 Å². The van der Waals surface area contributed by atoms with Crippen LogP contribution in [0.2, 0.25) is 0 Å². The Morgan fingerprint density at radius 1 is 1.64 bits per heavy atom. The number of thioether (sulfide) groups is 1. The van der Waals surface area contributed by atoms with Gasteiger partial charge in [-0.05, 0) is 12.8 Å². The summed E-state index contributed by atoms with van der Waals surface area (Å²) in [5.41, 5.74) is 0.422. The molecular weight excluding hydrogens is 200 g/mol. The topological polar surface area (TPSA) is 58.5 Å². The minimum absolute atomic E-state index is 0.0304. The minimum Gasteiger partial charge on any atom is -0.313 e. The molecule has 2 aliphatic heterocycles. The van der Waals surface area contributed by atoms with Gasteiger partial charge < -0.3 is 5.32 Å². The number of aliphatic imine (C=N–C) groups is 1. The fourth-order valence-electron chi connectivity index (χ4n) is 1.48. The van der Waals surface area contributed by atoms with Gasteiger partial charge in [0.1, 0.15) is 11.5 Å². The molecule has 0 aromatic carbocycles. The van der Waals surface area contributed by atoms with E-state index in [4.69, 9.17) is 0 Å². The largest absolute Gasteiger partial charge is 0.313 e. The maximum atomic E-state index is 11.1. The first-order valence-corrected chi connectivity index (χ1v) is 5.50. The summed E-state index contributed by atoms with van der Waals surface area (Å²) in [6.45, 7) is 0. The SMILES string of the molecule is O=CC1=CCCC2SCC(=O)NC2=N1. The Bertz CT molecular complexity index is 336. The van der Waals surface area contributed by atoms with Crippen LogP contribution in [-0.2, 0) is 9.59 Å². The zero-order chi connectivity index (χ0) is 9.97. The van der Waals surface area contributed by atoms with Gasteiger partial charge in [0.15, 0.2) is 6.29 Å². The van der Waals surface area contributed by atoms with Crippen LogP contribution >= 0.6 is 11.8 Å². The van der Waals surface area contributed by atoms with Crippen LogP contribution in [0.4, 0.5) is 0 Å². The van der Waals surface area contributed by atoms with Crippen LogP contribution in [0.1, 0.15) is 12.8 Å². The summed E-state index contributed by atoms with van der Waals surface area (Å²) in [4.78, 5) is 25.8. The van der Waals surface area contributed by atoms with Crippen molar-refractivity contribution in [3.05, 3.63) is 11.8 Å². The van der Waals surface area contributed by atoms with Crippen molar-refractivity contribution in [2.75, 3.05) is 5.75 Å². The smallest absolute Gasteiger partial charge is 0.235 e. The molecule has 4 nitrogen and oxygen atoms in total. The van der Waals surface area contributed by atoms with E-state index in [1.54, 1.807) is 11.8 Å². The molecule has 1 atom stereocenters. The van der Waals surface area contributed by atoms with Crippen molar-refractivity contribution in [1.82, 2.24) is 5.32 Å². The molecule has 1 N–H and O–H groups in total. The number of rotatable bonds is 1. The van der Waals surface area contributed by atoms with E-state index in [1.165, 1.54) is 0 Å². The monoisotopic (exact) mass is 210 g/mol. The van der Waals surface area contributed by atoms with E-state index in [0.29, 0.717) is 17.3 Å². The second-order valence-corrected chi connectivity index (χ2v) is 4.36. The molecule has 74 valence electrons. The van der Waals surface area contributed by atoms with E-state index in [1.807, 2.05) is 6.08 Å². The van der Waals surface area contributed by atoms with E-state index >= 15 is 0 Å². The first kappa shape index (κ1) is 9.45. The molecule has 0 bridgehead atoms. The van der Waals surface area contributed by atoms with Crippen LogP contribution in [-0.4, -0.2) is 29.0 Å². The van der Waals surface area contributed by atoms with Crippen molar-refractivity contribution >= 4 is 29.8 Å². The summed E-state index contributed by atoms with van der Waals surface area (Å²) in [6, 6.07) is 0. The van der Waals surface area contributed by atoms with Crippen LogP contribution < -0.4 is 5.32 Å². The fraction of sp³-hybridized carbons (Fsp3) is 0.444. The lowest BCUT2D eigenvalue weighted by atomic mass is 10.2. The zero-order valence-electron chi connectivity index (χ0n) is 7.53. The number of fused-ring (bicyclic) bond motifs is 1. The third kappa shape index (κ3) is 1.87. The second-order valence-electron chi connectivity index (χ2n) is 3.17. The van der Waals surface area contributed by atoms with Gasteiger partial charge in [0, 0.05) is 0 Å². The van der Waals surface area contributed by atoms with Gasteiger partial charge in [-0.1, -0.05) is 6.08 Å². The highest BCUT2D eigenvalue weighted by molar-refractivity contribution is 8.01. The average Bonchev–Trinajstić information content (AvgIpc) is 2.38. The van der Waals surface area contributed by atoms with E-state index in [2.05, 4.69) is 10.3 Å². The van der Waals surface area contributed by atoms with Crippen molar-refractivity contribution in [1.29, 1.82) is 0 Å². The molecule has 14 heavy (non-hydrogen) atoms. The van der Waals surface area contributed by atoms with E-state index < -0.39 is 0 Å². The van der Waals surface area contributed by atoms with Crippen LogP contribution in [0.3, 0.4) is 0 Å². The Kier molecular flexibility index (Phi) is 2.67. The predicted octanol–water partition coefficient (Wildman–Crippen LogP) is 0.493. The molecule has 0 radical (unpaired) electrons. The molecule has 1 unspecified atom stereocenters. The van der Waals surface area contributed by atoms with Crippen molar-refractivity contribution in [3.63, 3.8) is 0 Å². The summed E-state index contributed by atoms with van der Waals surface area (Å²) in [5, 5.41) is 2.95. The number of amidine groups is 1. The van der Waals surface area contributed by atoms with Gasteiger partial charge in [0.05, 0.1) is 11.0 Å². The summed E-state index contributed by atoms with van der Waals surface area (Å²) < 4.78 is 0. The highest BCUT2D eigenvalue weighted by atomic mass is 32.2. The summed E-state index contributed by atoms with van der Waals surface area (Å²) in [7, 11) is 0. The van der Waals surface area contributed by atoms with Gasteiger partial charge in [0.2, 0.25) is 5.91 Å². The number of allylic oxidation sites excluding steroid dienone is 2. The standard InChI is InChI=1S/C9H10N2O2S/c12-4-6-2-1-3-7-9(10-6)11-8(13)5-14-7/h2,4,7H,1,3,5H2,(H,10,11,13). The molecule has 2 rings (SSSR count). The lowest BCUT2D eigenvalue weighted by Gasteiger charge is -2.22. The molecule has 0 aromatic heterocycles. The number of aldehydes is 1. The van der Waals surface area contributed by atoms with Gasteiger partial charge in [-0.25, -0.2) is 4.99 Å². The maximum Gasteiger partial charge on any atom is 0.235 e. The molecule has 0 saturated carbocycles. The fourth-order valence-corrected chi connectivity index (χ4v) is 2.47. The average molecular weight is 210 g/mol. The summed E-state index contributed by atoms with van der Waals surface area (Å²) >= 11 is 1.59. The van der Waals surface area contributed by atoms with Gasteiger partial charge in [-0.15, -0.1) is 11.8 Å². The number of carbonyl (C=O) groups is 2. The van der Waals surface area contributed by atoms with Crippen molar-refractivity contribution in [2.45, 2.75) is 18.1 Å². The Morgan fingerprint density at radius 3 is 3.29 bits per heavy atom. The van der Waals surface area contributed by atoms with Gasteiger partial charge in [-0.3, -0.25) is 9.59 Å². The molecule has 1 amide bonds. The van der Waals surface area contributed by atoms with Gasteiger partial charge in [0.25, 0.3) is 0 Å². The van der Waals surface area contributed by atoms with Crippen molar-refractivity contribution in [2.24, 2.45) is 4.99 Å². The Balaban J connectivity index is 2.24. The zero-order valence-corrected chi connectivity index (χ0v) is 8.34. The molecule has 0 aliphatic carbocycles. The number of amides is 1. The van der Waals surface area contributed by atoms with E-state index in [9.17, 15) is 9.59 Å². The molecule has 1 fully saturated rings. The van der Waals surface area contributed by atoms with Gasteiger partial charge in [-0.2, -0.15) is 0 Å². The minimum atomic E-state index is -0.0304. The van der Waals surface area contributed by atoms with Gasteiger partial charge >= 0.3 is 0 Å². The first-order valence-electron chi connectivity index (χ1n) is 4.45. The van der Waals surface area contributed by atoms with E-state index in [0.717, 1.165) is 19.1 Å². The summed E-state index contributed by atoms with van der Waals surface area (Å²) in [5.74, 6) is 1.10. The molecule has 1 saturated heterocycles. The van der Waals surface area contributed by atoms with Crippen LogP contribution in [0.5, 0.6) is 0 Å². The number of nitrogens with zero attached hydrogens (tertiary/aromatic N) is 1. The highest BCUT2D eigenvalue weighted by Crippen LogP contribution is 2.24. The predicted molar refractivity (Wildman–Crippen MR) is 55.2 cm³/mol. The maximum absolute atomic E-state index is 11.1. The van der Waals surface area contributed by atoms with Crippen LogP contribution in [0, 0.1) is 0 Å². The molecule has 2 heterocycles. The Hall–Kier alpha value is -1.10. The molecule has 0 spiro atoms. The quantitative estimate of drug-likeness (QED) is 0.641. The molecule has 5 heteroatoms.